The zero-order chi connectivity index (χ0) is 16.3. The third-order valence-electron chi connectivity index (χ3n) is 2.69. The van der Waals surface area contributed by atoms with Crippen LogP contribution in [-0.2, 0) is 4.74 Å². The smallest absolute Gasteiger partial charge is 0.316 e. The number of rotatable bonds is 9. The average molecular weight is 319 g/mol. The Morgan fingerprint density at radius 3 is 2.13 bits per heavy atom. The number of hydrogen-bond acceptors (Lipinski definition) is 7. The molecule has 7 nitrogen and oxygen atoms in total. The van der Waals surface area contributed by atoms with Crippen LogP contribution in [0.15, 0.2) is 24.8 Å². The van der Waals surface area contributed by atoms with E-state index in [9.17, 15) is 4.39 Å². The van der Waals surface area contributed by atoms with E-state index in [1.165, 1.54) is 0 Å². The minimum atomic E-state index is -0.500. The van der Waals surface area contributed by atoms with E-state index in [4.69, 9.17) is 9.47 Å². The van der Waals surface area contributed by atoms with Crippen LogP contribution in [0, 0.1) is 0 Å². The van der Waals surface area contributed by atoms with Crippen LogP contribution in [0.25, 0.3) is 12.2 Å². The monoisotopic (exact) mass is 319 g/mol. The van der Waals surface area contributed by atoms with Gasteiger partial charge in [0.05, 0.1) is 13.2 Å². The first-order valence-corrected chi connectivity index (χ1v) is 7.08. The molecular formula is C15H18FN5O2. The molecule has 0 amide bonds. The van der Waals surface area contributed by atoms with Crippen LogP contribution >= 0.6 is 0 Å². The maximum Gasteiger partial charge on any atom is 0.316 e. The molecule has 0 spiro atoms. The van der Waals surface area contributed by atoms with Crippen molar-refractivity contribution in [3.05, 3.63) is 35.9 Å². The van der Waals surface area contributed by atoms with E-state index in [0.29, 0.717) is 12.6 Å². The topological polar surface area (TPSA) is 82.1 Å². The predicted molar refractivity (Wildman–Crippen MR) is 84.8 cm³/mol. The quantitative estimate of drug-likeness (QED) is 0.706. The molecule has 0 radical (unpaired) electrons. The molecule has 0 atom stereocenters. The van der Waals surface area contributed by atoms with Crippen molar-refractivity contribution in [2.75, 3.05) is 38.9 Å². The molecule has 2 aromatic heterocycles. The summed E-state index contributed by atoms with van der Waals surface area (Å²) in [5, 5.41) is 2.85. The van der Waals surface area contributed by atoms with Gasteiger partial charge in [0.1, 0.15) is 13.3 Å². The Morgan fingerprint density at radius 1 is 0.957 bits per heavy atom. The summed E-state index contributed by atoms with van der Waals surface area (Å²) in [5.41, 5.74) is 1.69. The second kappa shape index (κ2) is 9.42. The molecule has 0 saturated carbocycles. The van der Waals surface area contributed by atoms with Gasteiger partial charge < -0.3 is 14.8 Å². The first-order valence-electron chi connectivity index (χ1n) is 7.08. The minimum Gasteiger partial charge on any atom is -0.461 e. The molecule has 0 saturated heterocycles. The standard InChI is InChI=1S/C15H18FN5O2/c1-17-14-18-8-12(9-19-14)2-3-13-10-20-15(21-11-13)23-7-6-22-5-4-16/h2-3,8-11H,4-7H2,1H3,(H,17,18,19). The van der Waals surface area contributed by atoms with E-state index in [0.717, 1.165) is 11.1 Å². The Labute approximate surface area is 133 Å². The van der Waals surface area contributed by atoms with E-state index in [1.807, 2.05) is 12.2 Å². The van der Waals surface area contributed by atoms with Gasteiger partial charge in [0, 0.05) is 43.0 Å². The summed E-state index contributed by atoms with van der Waals surface area (Å²) >= 11 is 0. The van der Waals surface area contributed by atoms with Crippen molar-refractivity contribution >= 4 is 18.1 Å². The summed E-state index contributed by atoms with van der Waals surface area (Å²) in [6.07, 6.45) is 10.4. The van der Waals surface area contributed by atoms with Gasteiger partial charge in [-0.1, -0.05) is 12.2 Å². The van der Waals surface area contributed by atoms with Crippen molar-refractivity contribution in [1.82, 2.24) is 19.9 Å². The van der Waals surface area contributed by atoms with Crippen LogP contribution in [0.5, 0.6) is 6.01 Å². The fraction of sp³-hybridized carbons (Fsp3) is 0.333. The number of alkyl halides is 1. The van der Waals surface area contributed by atoms with Gasteiger partial charge in [-0.05, 0) is 0 Å². The Balaban J connectivity index is 1.82. The predicted octanol–water partition coefficient (Wildman–Crippen LogP) is 1.84. The number of nitrogens with zero attached hydrogens (tertiary/aromatic N) is 4. The molecule has 23 heavy (non-hydrogen) atoms. The van der Waals surface area contributed by atoms with E-state index in [2.05, 4.69) is 25.3 Å². The Bertz CT molecular complexity index is 604. The average Bonchev–Trinajstić information content (AvgIpc) is 2.61. The van der Waals surface area contributed by atoms with Crippen LogP contribution in [0.2, 0.25) is 0 Å². The maximum atomic E-state index is 11.8. The Hall–Kier alpha value is -2.61. The Morgan fingerprint density at radius 2 is 1.57 bits per heavy atom. The van der Waals surface area contributed by atoms with Gasteiger partial charge in [0.25, 0.3) is 0 Å². The van der Waals surface area contributed by atoms with Gasteiger partial charge in [-0.15, -0.1) is 0 Å². The lowest BCUT2D eigenvalue weighted by Crippen LogP contribution is -2.09. The van der Waals surface area contributed by atoms with Crippen LogP contribution in [0.4, 0.5) is 10.3 Å². The molecule has 1 N–H and O–H groups in total. The number of hydrogen-bond donors (Lipinski definition) is 1. The molecule has 0 bridgehead atoms. The first kappa shape index (κ1) is 16.8. The van der Waals surface area contributed by atoms with Crippen LogP contribution < -0.4 is 10.1 Å². The molecule has 2 aromatic rings. The van der Waals surface area contributed by atoms with Gasteiger partial charge in [-0.2, -0.15) is 0 Å². The van der Waals surface area contributed by atoms with E-state index in [-0.39, 0.29) is 19.2 Å². The summed E-state index contributed by atoms with van der Waals surface area (Å²) < 4.78 is 22.0. The molecule has 0 aliphatic rings. The summed E-state index contributed by atoms with van der Waals surface area (Å²) in [6.45, 7) is 0.162. The number of aromatic nitrogens is 4. The zero-order valence-corrected chi connectivity index (χ0v) is 12.8. The highest BCUT2D eigenvalue weighted by Gasteiger charge is 1.98. The highest BCUT2D eigenvalue weighted by atomic mass is 19.1. The third-order valence-corrected chi connectivity index (χ3v) is 2.69. The lowest BCUT2D eigenvalue weighted by atomic mass is 10.2. The molecule has 0 aromatic carbocycles. The number of anilines is 1. The number of nitrogens with one attached hydrogen (secondary N) is 1. The van der Waals surface area contributed by atoms with Gasteiger partial charge in [0.15, 0.2) is 0 Å². The van der Waals surface area contributed by atoms with Crippen molar-refractivity contribution < 1.29 is 13.9 Å². The van der Waals surface area contributed by atoms with Crippen molar-refractivity contribution in [1.29, 1.82) is 0 Å². The molecule has 2 heterocycles. The van der Waals surface area contributed by atoms with Gasteiger partial charge in [0.2, 0.25) is 5.95 Å². The number of halogens is 1. The van der Waals surface area contributed by atoms with Crippen LogP contribution in [-0.4, -0.2) is 53.5 Å². The van der Waals surface area contributed by atoms with Crippen LogP contribution in [0.1, 0.15) is 11.1 Å². The summed E-state index contributed by atoms with van der Waals surface area (Å²) in [4.78, 5) is 16.4. The van der Waals surface area contributed by atoms with Crippen molar-refractivity contribution in [2.45, 2.75) is 0 Å². The summed E-state index contributed by atoms with van der Waals surface area (Å²) in [6, 6.07) is 0.257. The molecular weight excluding hydrogens is 301 g/mol. The molecule has 8 heteroatoms. The fourth-order valence-electron chi connectivity index (χ4n) is 1.58. The van der Waals surface area contributed by atoms with Crippen LogP contribution in [0.3, 0.4) is 0 Å². The van der Waals surface area contributed by atoms with Crippen molar-refractivity contribution in [2.24, 2.45) is 0 Å². The fourth-order valence-corrected chi connectivity index (χ4v) is 1.58. The van der Waals surface area contributed by atoms with Gasteiger partial charge in [-0.25, -0.2) is 24.3 Å². The van der Waals surface area contributed by atoms with Gasteiger partial charge >= 0.3 is 6.01 Å². The highest BCUT2D eigenvalue weighted by Crippen LogP contribution is 2.08. The lowest BCUT2D eigenvalue weighted by Gasteiger charge is -2.04. The van der Waals surface area contributed by atoms with Crippen molar-refractivity contribution in [3.8, 4) is 6.01 Å². The number of ether oxygens (including phenoxy) is 2. The lowest BCUT2D eigenvalue weighted by molar-refractivity contribution is 0.0868. The maximum absolute atomic E-state index is 11.8. The SMILES string of the molecule is CNc1ncc(C=Cc2cnc(OCCOCCF)nc2)cn1. The first-order chi connectivity index (χ1) is 11.3. The molecule has 0 aliphatic heterocycles. The Kier molecular flexibility index (Phi) is 6.86. The van der Waals surface area contributed by atoms with E-state index in [1.54, 1.807) is 31.8 Å². The molecule has 2 rings (SSSR count). The molecule has 0 fully saturated rings. The van der Waals surface area contributed by atoms with E-state index >= 15 is 0 Å². The second-order valence-corrected chi connectivity index (χ2v) is 4.37. The molecule has 122 valence electrons. The normalized spacial score (nSPS) is 10.9. The second-order valence-electron chi connectivity index (χ2n) is 4.37. The third kappa shape index (κ3) is 5.95. The molecule has 0 aliphatic carbocycles. The van der Waals surface area contributed by atoms with Crippen molar-refractivity contribution in [3.63, 3.8) is 0 Å². The minimum absolute atomic E-state index is 0.0764. The largest absolute Gasteiger partial charge is 0.461 e. The summed E-state index contributed by atoms with van der Waals surface area (Å²) in [5.74, 6) is 0.572. The molecule has 0 unspecified atom stereocenters. The summed E-state index contributed by atoms with van der Waals surface area (Å²) in [7, 11) is 1.76. The van der Waals surface area contributed by atoms with Gasteiger partial charge in [-0.3, -0.25) is 0 Å². The zero-order valence-electron chi connectivity index (χ0n) is 12.8. The highest BCUT2D eigenvalue weighted by molar-refractivity contribution is 5.68. The van der Waals surface area contributed by atoms with E-state index < -0.39 is 6.67 Å².